The maximum absolute atomic E-state index is 7.00. The van der Waals surface area contributed by atoms with Crippen LogP contribution < -0.4 is 11.1 Å². The number of hydrogen-bond donors (Lipinski definition) is 2. The lowest BCUT2D eigenvalue weighted by molar-refractivity contribution is 0.232. The summed E-state index contributed by atoms with van der Waals surface area (Å²) < 4.78 is 0. The summed E-state index contributed by atoms with van der Waals surface area (Å²) in [5, 5.41) is 3.82. The standard InChI is InChI=1S/C19H28N2/c20-19(13-21-18-7-3-4-8-18)16-9-10-17(19)12-15-6-2-1-5-14(15)11-16/h1-2,5-6,16-18,21H,3-4,7-13,20H2/t16-,17+,19?. The van der Waals surface area contributed by atoms with Crippen molar-refractivity contribution in [1.29, 1.82) is 0 Å². The topological polar surface area (TPSA) is 38.0 Å². The van der Waals surface area contributed by atoms with E-state index in [-0.39, 0.29) is 5.54 Å². The molecule has 21 heavy (non-hydrogen) atoms. The normalized spacial score (nSPS) is 35.7. The minimum absolute atomic E-state index is 0.0155. The van der Waals surface area contributed by atoms with Gasteiger partial charge in [0.05, 0.1) is 0 Å². The van der Waals surface area contributed by atoms with Crippen molar-refractivity contribution in [3.63, 3.8) is 0 Å². The molecule has 2 bridgehead atoms. The molecule has 2 fully saturated rings. The Morgan fingerprint density at radius 2 is 1.52 bits per heavy atom. The fourth-order valence-corrected chi connectivity index (χ4v) is 5.08. The van der Waals surface area contributed by atoms with E-state index in [1.165, 1.54) is 51.4 Å². The SMILES string of the molecule is NC1(CNC2CCCC2)[C@@H]2CC[C@H]1Cc1ccccc1C2. The Morgan fingerprint density at radius 1 is 0.952 bits per heavy atom. The van der Waals surface area contributed by atoms with Gasteiger partial charge in [-0.3, -0.25) is 0 Å². The molecular weight excluding hydrogens is 256 g/mol. The number of rotatable bonds is 3. The van der Waals surface area contributed by atoms with Crippen molar-refractivity contribution in [2.45, 2.75) is 62.9 Å². The Morgan fingerprint density at radius 3 is 2.10 bits per heavy atom. The van der Waals surface area contributed by atoms with Gasteiger partial charge < -0.3 is 11.1 Å². The zero-order valence-corrected chi connectivity index (χ0v) is 13.0. The number of nitrogens with one attached hydrogen (secondary N) is 1. The largest absolute Gasteiger partial charge is 0.324 e. The molecule has 3 aliphatic rings. The molecule has 1 aromatic rings. The van der Waals surface area contributed by atoms with Gasteiger partial charge in [-0.05, 0) is 61.5 Å². The molecule has 0 saturated heterocycles. The monoisotopic (exact) mass is 284 g/mol. The molecule has 0 radical (unpaired) electrons. The van der Waals surface area contributed by atoms with Crippen LogP contribution >= 0.6 is 0 Å². The summed E-state index contributed by atoms with van der Waals surface area (Å²) in [6.07, 6.45) is 10.5. The van der Waals surface area contributed by atoms with Crippen LogP contribution in [0.25, 0.3) is 0 Å². The van der Waals surface area contributed by atoms with Gasteiger partial charge in [0.2, 0.25) is 0 Å². The molecule has 1 unspecified atom stereocenters. The summed E-state index contributed by atoms with van der Waals surface area (Å²) >= 11 is 0. The lowest BCUT2D eigenvalue weighted by Crippen LogP contribution is -2.57. The van der Waals surface area contributed by atoms with E-state index in [1.807, 2.05) is 0 Å². The van der Waals surface area contributed by atoms with E-state index in [0.29, 0.717) is 11.8 Å². The molecular formula is C19H28N2. The Kier molecular flexibility index (Phi) is 3.55. The first-order valence-corrected chi connectivity index (χ1v) is 8.85. The van der Waals surface area contributed by atoms with Crippen molar-refractivity contribution in [1.82, 2.24) is 5.32 Å². The van der Waals surface area contributed by atoms with Gasteiger partial charge >= 0.3 is 0 Å². The van der Waals surface area contributed by atoms with Gasteiger partial charge in [-0.1, -0.05) is 37.1 Å². The summed E-state index contributed by atoms with van der Waals surface area (Å²) in [5.41, 5.74) is 10.1. The highest BCUT2D eigenvalue weighted by Crippen LogP contribution is 2.45. The van der Waals surface area contributed by atoms with Crippen molar-refractivity contribution >= 4 is 0 Å². The quantitative estimate of drug-likeness (QED) is 0.895. The van der Waals surface area contributed by atoms with Crippen LogP contribution in [0.2, 0.25) is 0 Å². The Bertz CT molecular complexity index is 471. The van der Waals surface area contributed by atoms with Gasteiger partial charge in [0.1, 0.15) is 0 Å². The molecule has 1 aromatic carbocycles. The fraction of sp³-hybridized carbons (Fsp3) is 0.684. The second-order valence-corrected chi connectivity index (χ2v) is 7.62. The van der Waals surface area contributed by atoms with Gasteiger partial charge in [-0.25, -0.2) is 0 Å². The van der Waals surface area contributed by atoms with Crippen LogP contribution in [0.3, 0.4) is 0 Å². The molecule has 2 nitrogen and oxygen atoms in total. The van der Waals surface area contributed by atoms with E-state index >= 15 is 0 Å². The molecule has 4 rings (SSSR count). The number of fused-ring (bicyclic) bond motifs is 3. The molecule has 3 N–H and O–H groups in total. The van der Waals surface area contributed by atoms with E-state index in [0.717, 1.165) is 12.6 Å². The Labute approximate surface area is 128 Å². The summed E-state index contributed by atoms with van der Waals surface area (Å²) in [5.74, 6) is 1.33. The summed E-state index contributed by atoms with van der Waals surface area (Å²) in [6, 6.07) is 9.75. The van der Waals surface area contributed by atoms with Gasteiger partial charge in [0, 0.05) is 18.1 Å². The van der Waals surface area contributed by atoms with Crippen LogP contribution in [0.1, 0.15) is 49.7 Å². The maximum atomic E-state index is 7.00. The van der Waals surface area contributed by atoms with E-state index in [1.54, 1.807) is 11.1 Å². The highest BCUT2D eigenvalue weighted by molar-refractivity contribution is 5.32. The van der Waals surface area contributed by atoms with Crippen LogP contribution in [0.4, 0.5) is 0 Å². The maximum Gasteiger partial charge on any atom is 0.0344 e. The van der Waals surface area contributed by atoms with Crippen molar-refractivity contribution in [2.75, 3.05) is 6.54 Å². The third-order valence-electron chi connectivity index (χ3n) is 6.49. The van der Waals surface area contributed by atoms with E-state index in [4.69, 9.17) is 5.73 Å². The second-order valence-electron chi connectivity index (χ2n) is 7.62. The van der Waals surface area contributed by atoms with Gasteiger partial charge in [-0.15, -0.1) is 0 Å². The Hall–Kier alpha value is -0.860. The first-order valence-electron chi connectivity index (χ1n) is 8.85. The predicted molar refractivity (Wildman–Crippen MR) is 87.2 cm³/mol. The summed E-state index contributed by atoms with van der Waals surface area (Å²) in [7, 11) is 0. The van der Waals surface area contributed by atoms with E-state index < -0.39 is 0 Å². The fourth-order valence-electron chi connectivity index (χ4n) is 5.08. The Balaban J connectivity index is 1.53. The highest BCUT2D eigenvalue weighted by Gasteiger charge is 2.48. The van der Waals surface area contributed by atoms with Crippen LogP contribution in [0, 0.1) is 11.8 Å². The molecule has 3 atom stereocenters. The van der Waals surface area contributed by atoms with Crippen LogP contribution in [0.15, 0.2) is 24.3 Å². The van der Waals surface area contributed by atoms with E-state index in [9.17, 15) is 0 Å². The molecule has 2 saturated carbocycles. The smallest absolute Gasteiger partial charge is 0.0344 e. The molecule has 0 amide bonds. The van der Waals surface area contributed by atoms with Crippen LogP contribution in [-0.2, 0) is 12.8 Å². The predicted octanol–water partition coefficient (Wildman–Crippen LogP) is 3.04. The number of hydrogen-bond acceptors (Lipinski definition) is 2. The summed E-state index contributed by atoms with van der Waals surface area (Å²) in [6.45, 7) is 1.03. The zero-order valence-electron chi connectivity index (χ0n) is 13.0. The average molecular weight is 284 g/mol. The first-order chi connectivity index (χ1) is 10.3. The van der Waals surface area contributed by atoms with Crippen molar-refractivity contribution < 1.29 is 0 Å². The first kappa shape index (κ1) is 13.8. The molecule has 3 aliphatic carbocycles. The molecule has 2 heteroatoms. The minimum Gasteiger partial charge on any atom is -0.324 e. The lowest BCUT2D eigenvalue weighted by atomic mass is 9.79. The van der Waals surface area contributed by atoms with Crippen LogP contribution in [-0.4, -0.2) is 18.1 Å². The van der Waals surface area contributed by atoms with Gasteiger partial charge in [0.25, 0.3) is 0 Å². The average Bonchev–Trinajstić information content (AvgIpc) is 3.05. The van der Waals surface area contributed by atoms with Crippen molar-refractivity contribution in [3.8, 4) is 0 Å². The van der Waals surface area contributed by atoms with E-state index in [2.05, 4.69) is 29.6 Å². The van der Waals surface area contributed by atoms with Crippen LogP contribution in [0.5, 0.6) is 0 Å². The van der Waals surface area contributed by atoms with Gasteiger partial charge in [-0.2, -0.15) is 0 Å². The zero-order chi connectivity index (χ0) is 14.3. The number of benzene rings is 1. The van der Waals surface area contributed by atoms with Crippen molar-refractivity contribution in [2.24, 2.45) is 17.6 Å². The minimum atomic E-state index is 0.0155. The molecule has 0 aliphatic heterocycles. The van der Waals surface area contributed by atoms with Crippen molar-refractivity contribution in [3.05, 3.63) is 35.4 Å². The molecule has 0 aromatic heterocycles. The highest BCUT2D eigenvalue weighted by atomic mass is 15.0. The van der Waals surface area contributed by atoms with Gasteiger partial charge in [0.15, 0.2) is 0 Å². The summed E-state index contributed by atoms with van der Waals surface area (Å²) in [4.78, 5) is 0. The molecule has 0 spiro atoms. The molecule has 0 heterocycles. The third kappa shape index (κ3) is 2.43. The second kappa shape index (κ2) is 5.40. The lowest BCUT2D eigenvalue weighted by Gasteiger charge is -2.36. The third-order valence-corrected chi connectivity index (χ3v) is 6.49. The molecule has 114 valence electrons. The number of nitrogens with two attached hydrogens (primary N) is 1.